The van der Waals surface area contributed by atoms with Crippen LogP contribution in [0.25, 0.3) is 0 Å². The summed E-state index contributed by atoms with van der Waals surface area (Å²) in [7, 11) is -0.951. The number of halogens is 1. The molecule has 2 N–H and O–H groups in total. The number of nitrogen functional groups attached to an aromatic ring is 1. The smallest absolute Gasteiger partial charge is 0.0618 e. The molecule has 1 aromatic carbocycles. The lowest BCUT2D eigenvalue weighted by molar-refractivity contribution is 0.676. The molecule has 0 aliphatic rings. The second kappa shape index (κ2) is 6.28. The van der Waals surface area contributed by atoms with Crippen molar-refractivity contribution in [1.29, 1.82) is 0 Å². The fourth-order valence-electron chi connectivity index (χ4n) is 1.32. The van der Waals surface area contributed by atoms with E-state index in [0.29, 0.717) is 11.4 Å². The Morgan fingerprint density at radius 3 is 2.73 bits per heavy atom. The molecule has 1 unspecified atom stereocenters. The van der Waals surface area contributed by atoms with Crippen LogP contribution in [0.5, 0.6) is 0 Å². The minimum absolute atomic E-state index is 0.610. The zero-order chi connectivity index (χ0) is 11.3. The number of hydrogen-bond donors (Lipinski definition) is 1. The van der Waals surface area contributed by atoms with Crippen LogP contribution in [0.15, 0.2) is 27.6 Å². The van der Waals surface area contributed by atoms with Gasteiger partial charge in [-0.2, -0.15) is 0 Å². The van der Waals surface area contributed by atoms with Gasteiger partial charge in [0.05, 0.1) is 15.7 Å². The zero-order valence-electron chi connectivity index (χ0n) is 8.83. The van der Waals surface area contributed by atoms with E-state index in [1.165, 1.54) is 0 Å². The summed E-state index contributed by atoms with van der Waals surface area (Å²) in [4.78, 5) is 0.759. The van der Waals surface area contributed by atoms with Crippen molar-refractivity contribution in [3.05, 3.63) is 22.7 Å². The molecule has 0 saturated heterocycles. The highest BCUT2D eigenvalue weighted by Crippen LogP contribution is 2.22. The molecule has 0 aliphatic carbocycles. The minimum Gasteiger partial charge on any atom is -0.398 e. The Hall–Kier alpha value is -0.350. The summed E-state index contributed by atoms with van der Waals surface area (Å²) in [6.07, 6.45) is 3.27. The van der Waals surface area contributed by atoms with Gasteiger partial charge in [-0.1, -0.05) is 35.7 Å². The van der Waals surface area contributed by atoms with Gasteiger partial charge in [0.15, 0.2) is 0 Å². The van der Waals surface area contributed by atoms with Gasteiger partial charge in [0.25, 0.3) is 0 Å². The van der Waals surface area contributed by atoms with Crippen LogP contribution in [0.4, 0.5) is 5.69 Å². The molecular formula is C11H16BrNOS. The standard InChI is InChI=1S/C11H16BrNOS/c1-2-3-4-7-15(14)11-6-5-9(12)8-10(11)13/h5-6,8H,2-4,7,13H2,1H3. The minimum atomic E-state index is -0.951. The summed E-state index contributed by atoms with van der Waals surface area (Å²) < 4.78 is 12.8. The fourth-order valence-corrected chi connectivity index (χ4v) is 2.93. The lowest BCUT2D eigenvalue weighted by Gasteiger charge is -2.05. The Bertz CT molecular complexity index is 354. The molecule has 0 aromatic heterocycles. The Morgan fingerprint density at radius 1 is 1.40 bits per heavy atom. The normalized spacial score (nSPS) is 12.7. The van der Waals surface area contributed by atoms with E-state index < -0.39 is 10.8 Å². The van der Waals surface area contributed by atoms with Gasteiger partial charge < -0.3 is 5.73 Å². The van der Waals surface area contributed by atoms with Crippen molar-refractivity contribution in [2.75, 3.05) is 11.5 Å². The summed E-state index contributed by atoms with van der Waals surface area (Å²) in [5.41, 5.74) is 6.41. The molecule has 0 aliphatic heterocycles. The molecule has 0 amide bonds. The Balaban J connectivity index is 2.65. The molecule has 2 nitrogen and oxygen atoms in total. The molecule has 0 heterocycles. The SMILES string of the molecule is CCCCCS(=O)c1ccc(Br)cc1N. The molecule has 1 atom stereocenters. The second-order valence-electron chi connectivity index (χ2n) is 3.44. The molecule has 4 heteroatoms. The van der Waals surface area contributed by atoms with E-state index in [1.807, 2.05) is 12.1 Å². The van der Waals surface area contributed by atoms with E-state index in [2.05, 4.69) is 22.9 Å². The fraction of sp³-hybridized carbons (Fsp3) is 0.455. The summed E-state index contributed by atoms with van der Waals surface area (Å²) in [6.45, 7) is 2.14. The molecular weight excluding hydrogens is 274 g/mol. The predicted molar refractivity (Wildman–Crippen MR) is 69.4 cm³/mol. The van der Waals surface area contributed by atoms with Crippen LogP contribution in [0, 0.1) is 0 Å². The molecule has 15 heavy (non-hydrogen) atoms. The maximum absolute atomic E-state index is 11.9. The van der Waals surface area contributed by atoms with E-state index >= 15 is 0 Å². The van der Waals surface area contributed by atoms with Gasteiger partial charge in [-0.05, 0) is 24.6 Å². The van der Waals surface area contributed by atoms with Crippen molar-refractivity contribution in [3.8, 4) is 0 Å². The van der Waals surface area contributed by atoms with E-state index in [9.17, 15) is 4.21 Å². The predicted octanol–water partition coefficient (Wildman–Crippen LogP) is 3.33. The highest BCUT2D eigenvalue weighted by Gasteiger charge is 2.07. The average Bonchev–Trinajstić information content (AvgIpc) is 2.17. The second-order valence-corrected chi connectivity index (χ2v) is 5.89. The maximum atomic E-state index is 11.9. The van der Waals surface area contributed by atoms with Crippen molar-refractivity contribution < 1.29 is 4.21 Å². The molecule has 1 aromatic rings. The Kier molecular flexibility index (Phi) is 5.32. The third-order valence-corrected chi connectivity index (χ3v) is 4.17. The quantitative estimate of drug-likeness (QED) is 0.667. The molecule has 0 bridgehead atoms. The van der Waals surface area contributed by atoms with Crippen LogP contribution in [0.2, 0.25) is 0 Å². The number of nitrogens with two attached hydrogens (primary N) is 1. The molecule has 0 spiro atoms. The van der Waals surface area contributed by atoms with Gasteiger partial charge in [0.1, 0.15) is 0 Å². The number of anilines is 1. The maximum Gasteiger partial charge on any atom is 0.0618 e. The van der Waals surface area contributed by atoms with Crippen molar-refractivity contribution in [2.45, 2.75) is 31.1 Å². The van der Waals surface area contributed by atoms with E-state index in [-0.39, 0.29) is 0 Å². The van der Waals surface area contributed by atoms with Gasteiger partial charge >= 0.3 is 0 Å². The van der Waals surface area contributed by atoms with Crippen LogP contribution >= 0.6 is 15.9 Å². The average molecular weight is 290 g/mol. The third-order valence-electron chi connectivity index (χ3n) is 2.15. The number of unbranched alkanes of at least 4 members (excludes halogenated alkanes) is 2. The van der Waals surface area contributed by atoms with Crippen LogP contribution < -0.4 is 5.73 Å². The van der Waals surface area contributed by atoms with Gasteiger partial charge in [-0.15, -0.1) is 0 Å². The van der Waals surface area contributed by atoms with Crippen molar-refractivity contribution in [2.24, 2.45) is 0 Å². The topological polar surface area (TPSA) is 43.1 Å². The van der Waals surface area contributed by atoms with E-state index in [4.69, 9.17) is 5.73 Å². The Morgan fingerprint density at radius 2 is 2.13 bits per heavy atom. The first-order valence-electron chi connectivity index (χ1n) is 5.08. The van der Waals surface area contributed by atoms with Crippen LogP contribution in [-0.4, -0.2) is 9.96 Å². The molecule has 0 saturated carbocycles. The van der Waals surface area contributed by atoms with Crippen LogP contribution in [-0.2, 0) is 10.8 Å². The molecule has 84 valence electrons. The van der Waals surface area contributed by atoms with Crippen molar-refractivity contribution >= 4 is 32.4 Å². The first-order chi connectivity index (χ1) is 7.15. The van der Waals surface area contributed by atoms with Crippen molar-refractivity contribution in [3.63, 3.8) is 0 Å². The summed E-state index contributed by atoms with van der Waals surface area (Å²) in [5.74, 6) is 0.708. The number of rotatable bonds is 5. The first kappa shape index (κ1) is 12.7. The summed E-state index contributed by atoms with van der Waals surface area (Å²) >= 11 is 3.33. The van der Waals surface area contributed by atoms with Gasteiger partial charge in [0.2, 0.25) is 0 Å². The van der Waals surface area contributed by atoms with Crippen molar-refractivity contribution in [1.82, 2.24) is 0 Å². The number of benzene rings is 1. The van der Waals surface area contributed by atoms with Gasteiger partial charge in [-0.3, -0.25) is 4.21 Å². The molecule has 0 fully saturated rings. The summed E-state index contributed by atoms with van der Waals surface area (Å²) in [5, 5.41) is 0. The highest BCUT2D eigenvalue weighted by atomic mass is 79.9. The van der Waals surface area contributed by atoms with Gasteiger partial charge in [-0.25, -0.2) is 0 Å². The Labute approximate surface area is 102 Å². The monoisotopic (exact) mass is 289 g/mol. The number of hydrogen-bond acceptors (Lipinski definition) is 2. The summed E-state index contributed by atoms with van der Waals surface area (Å²) in [6, 6.07) is 5.51. The zero-order valence-corrected chi connectivity index (χ0v) is 11.2. The van der Waals surface area contributed by atoms with Crippen LogP contribution in [0.1, 0.15) is 26.2 Å². The first-order valence-corrected chi connectivity index (χ1v) is 7.19. The van der Waals surface area contributed by atoms with Gasteiger partial charge in [0, 0.05) is 15.9 Å². The molecule has 1 rings (SSSR count). The lowest BCUT2D eigenvalue weighted by Crippen LogP contribution is -2.02. The van der Waals surface area contributed by atoms with E-state index in [0.717, 1.165) is 28.6 Å². The lowest BCUT2D eigenvalue weighted by atomic mass is 10.3. The molecule has 0 radical (unpaired) electrons. The van der Waals surface area contributed by atoms with Crippen LogP contribution in [0.3, 0.4) is 0 Å². The highest BCUT2D eigenvalue weighted by molar-refractivity contribution is 9.10. The van der Waals surface area contributed by atoms with E-state index in [1.54, 1.807) is 6.07 Å². The third kappa shape index (κ3) is 3.95. The largest absolute Gasteiger partial charge is 0.398 e.